The van der Waals surface area contributed by atoms with Crippen LogP contribution in [0.15, 0.2) is 36.4 Å². The van der Waals surface area contributed by atoms with E-state index in [4.69, 9.17) is 28.9 Å². The number of hydrogen-bond donors (Lipinski definition) is 3. The third-order valence-corrected chi connectivity index (χ3v) is 7.52. The minimum absolute atomic E-state index is 0.0242. The molecule has 1 saturated carbocycles. The zero-order valence-electron chi connectivity index (χ0n) is 17.0. The second-order valence-electron chi connectivity index (χ2n) is 8.94. The van der Waals surface area contributed by atoms with E-state index in [9.17, 15) is 9.90 Å². The van der Waals surface area contributed by atoms with Gasteiger partial charge in [-0.2, -0.15) is 0 Å². The van der Waals surface area contributed by atoms with Crippen LogP contribution < -0.4 is 11.1 Å². The number of nitrogens with two attached hydrogens (primary N) is 1. The maximum absolute atomic E-state index is 15.3. The normalized spacial score (nSPS) is 31.2. The summed E-state index contributed by atoms with van der Waals surface area (Å²) in [5.41, 5.74) is 7.05. The van der Waals surface area contributed by atoms with Crippen molar-refractivity contribution in [1.29, 1.82) is 0 Å². The first-order chi connectivity index (χ1) is 14.8. The Morgan fingerprint density at radius 2 is 2.06 bits per heavy atom. The van der Waals surface area contributed by atoms with Gasteiger partial charge in [-0.05, 0) is 49.4 Å². The van der Waals surface area contributed by atoms with Gasteiger partial charge in [0.15, 0.2) is 0 Å². The molecule has 5 nitrogen and oxygen atoms in total. The van der Waals surface area contributed by atoms with Crippen LogP contribution in [0, 0.1) is 11.7 Å². The van der Waals surface area contributed by atoms with E-state index in [1.807, 2.05) is 11.0 Å². The zero-order valence-corrected chi connectivity index (χ0v) is 18.5. The molecule has 2 fully saturated rings. The fourth-order valence-electron chi connectivity index (χ4n) is 5.60. The molecule has 5 atom stereocenters. The van der Waals surface area contributed by atoms with Crippen molar-refractivity contribution in [3.8, 4) is 0 Å². The lowest BCUT2D eigenvalue weighted by Gasteiger charge is -2.40. The summed E-state index contributed by atoms with van der Waals surface area (Å²) in [5, 5.41) is 14.2. The van der Waals surface area contributed by atoms with Gasteiger partial charge in [-0.1, -0.05) is 41.4 Å². The molecule has 1 aliphatic carbocycles. The highest BCUT2D eigenvalue weighted by molar-refractivity contribution is 6.31. The lowest BCUT2D eigenvalue weighted by atomic mass is 9.73. The first-order valence-electron chi connectivity index (χ1n) is 10.5. The third-order valence-electron chi connectivity index (χ3n) is 6.99. The van der Waals surface area contributed by atoms with Crippen molar-refractivity contribution in [2.45, 2.75) is 49.4 Å². The van der Waals surface area contributed by atoms with Gasteiger partial charge in [-0.25, -0.2) is 4.39 Å². The number of nitrogens with zero attached hydrogens (tertiary/aromatic N) is 1. The van der Waals surface area contributed by atoms with Crippen LogP contribution >= 0.6 is 23.2 Å². The van der Waals surface area contributed by atoms with Crippen LogP contribution in [-0.4, -0.2) is 40.6 Å². The molecule has 1 saturated heterocycles. The number of anilines is 1. The van der Waals surface area contributed by atoms with Gasteiger partial charge in [-0.3, -0.25) is 9.69 Å². The first kappa shape index (κ1) is 21.2. The molecule has 2 aromatic carbocycles. The van der Waals surface area contributed by atoms with Crippen molar-refractivity contribution in [2.75, 3.05) is 11.9 Å². The standard InChI is InChI=1S/C23H24Cl2FN3O2/c1-11(30)21-20(27)18(14-3-2-4-16(25)19(14)26)23(29(21)10-12-5-6-12)15-8-7-13(24)9-17(15)28-22(23)31/h2-4,7-9,11-12,18,20-21,30H,5-6,10,27H2,1H3,(H,28,31)/t11-,18+,20+,21+,23-/m0/s1. The summed E-state index contributed by atoms with van der Waals surface area (Å²) >= 11 is 12.3. The number of aliphatic hydroxyl groups is 1. The highest BCUT2D eigenvalue weighted by Crippen LogP contribution is 2.58. The fourth-order valence-corrected chi connectivity index (χ4v) is 5.96. The monoisotopic (exact) mass is 463 g/mol. The topological polar surface area (TPSA) is 78.6 Å². The number of rotatable bonds is 4. The van der Waals surface area contributed by atoms with E-state index >= 15 is 4.39 Å². The van der Waals surface area contributed by atoms with Crippen molar-refractivity contribution >= 4 is 34.8 Å². The molecule has 1 spiro atoms. The second-order valence-corrected chi connectivity index (χ2v) is 9.78. The van der Waals surface area contributed by atoms with E-state index in [0.29, 0.717) is 28.7 Å². The van der Waals surface area contributed by atoms with Crippen LogP contribution in [0.5, 0.6) is 0 Å². The Hall–Kier alpha value is -1.70. The van der Waals surface area contributed by atoms with E-state index in [-0.39, 0.29) is 16.5 Å². The molecule has 1 amide bonds. The van der Waals surface area contributed by atoms with E-state index in [0.717, 1.165) is 12.8 Å². The van der Waals surface area contributed by atoms with Crippen molar-refractivity contribution in [3.63, 3.8) is 0 Å². The predicted molar refractivity (Wildman–Crippen MR) is 119 cm³/mol. The molecule has 2 heterocycles. The number of amides is 1. The smallest absolute Gasteiger partial charge is 0.250 e. The second kappa shape index (κ2) is 7.42. The molecule has 0 radical (unpaired) electrons. The van der Waals surface area contributed by atoms with Gasteiger partial charge in [0.2, 0.25) is 5.91 Å². The van der Waals surface area contributed by atoms with Gasteiger partial charge in [-0.15, -0.1) is 0 Å². The average Bonchev–Trinajstić information content (AvgIpc) is 3.42. The quantitative estimate of drug-likeness (QED) is 0.642. The van der Waals surface area contributed by atoms with Crippen molar-refractivity contribution in [2.24, 2.45) is 11.7 Å². The summed E-state index contributed by atoms with van der Waals surface area (Å²) in [6, 6.07) is 8.78. The number of benzene rings is 2. The number of aliphatic hydroxyl groups excluding tert-OH is 1. The Kier molecular flexibility index (Phi) is 5.07. The third kappa shape index (κ3) is 3.04. The van der Waals surface area contributed by atoms with Crippen LogP contribution in [0.1, 0.15) is 36.8 Å². The summed E-state index contributed by atoms with van der Waals surface area (Å²) < 4.78 is 15.3. The van der Waals surface area contributed by atoms with E-state index in [2.05, 4.69) is 5.32 Å². The molecule has 5 rings (SSSR count). The van der Waals surface area contributed by atoms with Crippen LogP contribution in [0.3, 0.4) is 0 Å². The maximum atomic E-state index is 15.3. The molecule has 0 aromatic heterocycles. The maximum Gasteiger partial charge on any atom is 0.250 e. The van der Waals surface area contributed by atoms with E-state index in [1.165, 1.54) is 6.07 Å². The summed E-state index contributed by atoms with van der Waals surface area (Å²) in [5.74, 6) is -1.20. The summed E-state index contributed by atoms with van der Waals surface area (Å²) in [6.45, 7) is 2.27. The molecule has 4 N–H and O–H groups in total. The largest absolute Gasteiger partial charge is 0.392 e. The average molecular weight is 464 g/mol. The Morgan fingerprint density at radius 3 is 2.74 bits per heavy atom. The van der Waals surface area contributed by atoms with Gasteiger partial charge < -0.3 is 16.2 Å². The lowest BCUT2D eigenvalue weighted by Crippen LogP contribution is -2.55. The van der Waals surface area contributed by atoms with Gasteiger partial charge in [0, 0.05) is 34.8 Å². The van der Waals surface area contributed by atoms with Crippen LogP contribution in [-0.2, 0) is 10.3 Å². The molecule has 8 heteroatoms. The molecule has 2 aliphatic heterocycles. The van der Waals surface area contributed by atoms with E-state index < -0.39 is 35.5 Å². The molecule has 3 aliphatic rings. The Bertz CT molecular complexity index is 1060. The number of carbonyl (C=O) groups excluding carboxylic acids is 1. The van der Waals surface area contributed by atoms with Gasteiger partial charge in [0.25, 0.3) is 0 Å². The zero-order chi connectivity index (χ0) is 22.1. The molecular formula is C23H24Cl2FN3O2. The number of halogens is 3. The number of nitrogens with one attached hydrogen (secondary N) is 1. The van der Waals surface area contributed by atoms with Gasteiger partial charge in [0.1, 0.15) is 11.4 Å². The SMILES string of the molecule is C[C@H](O)[C@@H]1[C@H](N)[C@@H](c2cccc(Cl)c2F)[C@@]2(C(=O)Nc3cc(Cl)ccc32)N1CC1CC1. The molecule has 0 bridgehead atoms. The number of carbonyl (C=O) groups is 1. The van der Waals surface area contributed by atoms with E-state index in [1.54, 1.807) is 31.2 Å². The first-order valence-corrected chi connectivity index (χ1v) is 11.3. The van der Waals surface area contributed by atoms with Crippen LogP contribution in [0.25, 0.3) is 0 Å². The summed E-state index contributed by atoms with van der Waals surface area (Å²) in [4.78, 5) is 15.8. The molecule has 164 valence electrons. The Balaban J connectivity index is 1.80. The van der Waals surface area contributed by atoms with Crippen LogP contribution in [0.2, 0.25) is 10.0 Å². The minimum atomic E-state index is -1.27. The van der Waals surface area contributed by atoms with Gasteiger partial charge >= 0.3 is 0 Å². The highest BCUT2D eigenvalue weighted by Gasteiger charge is 2.67. The Labute approximate surface area is 190 Å². The predicted octanol–water partition coefficient (Wildman–Crippen LogP) is 3.87. The molecule has 0 unspecified atom stereocenters. The summed E-state index contributed by atoms with van der Waals surface area (Å²) in [7, 11) is 0. The number of hydrogen-bond acceptors (Lipinski definition) is 4. The van der Waals surface area contributed by atoms with Crippen molar-refractivity contribution in [1.82, 2.24) is 4.90 Å². The number of fused-ring (bicyclic) bond motifs is 2. The van der Waals surface area contributed by atoms with Crippen LogP contribution in [0.4, 0.5) is 10.1 Å². The fraction of sp³-hybridized carbons (Fsp3) is 0.435. The van der Waals surface area contributed by atoms with Gasteiger partial charge in [0.05, 0.1) is 17.2 Å². The lowest BCUT2D eigenvalue weighted by molar-refractivity contribution is -0.128. The minimum Gasteiger partial charge on any atom is -0.392 e. The highest BCUT2D eigenvalue weighted by atomic mass is 35.5. The number of likely N-dealkylation sites (tertiary alicyclic amines) is 1. The van der Waals surface area contributed by atoms with Crippen molar-refractivity contribution < 1.29 is 14.3 Å². The Morgan fingerprint density at radius 1 is 1.32 bits per heavy atom. The molecule has 31 heavy (non-hydrogen) atoms. The molecule has 2 aromatic rings. The molecular weight excluding hydrogens is 440 g/mol. The summed E-state index contributed by atoms with van der Waals surface area (Å²) in [6.07, 6.45) is 1.29. The van der Waals surface area contributed by atoms with Crippen molar-refractivity contribution in [3.05, 3.63) is 63.4 Å².